The van der Waals surface area contributed by atoms with Crippen LogP contribution in [-0.4, -0.2) is 30.6 Å². The SMILES string of the molecule is [N-]=[N+]=C1CC(O)=C(O)C([N+](=O)[O-])=C1[N+](=O)[O-]. The first kappa shape index (κ1) is 11.3. The van der Waals surface area contributed by atoms with E-state index >= 15 is 0 Å². The molecule has 0 spiro atoms. The van der Waals surface area contributed by atoms with E-state index in [4.69, 9.17) is 15.7 Å². The Bertz CT molecular complexity index is 497. The predicted molar refractivity (Wildman–Crippen MR) is 46.5 cm³/mol. The summed E-state index contributed by atoms with van der Waals surface area (Å²) in [4.78, 5) is 21.1. The molecule has 0 atom stereocenters. The van der Waals surface area contributed by atoms with Crippen LogP contribution in [0.15, 0.2) is 22.9 Å². The van der Waals surface area contributed by atoms with Crippen molar-refractivity contribution in [2.75, 3.05) is 0 Å². The summed E-state index contributed by atoms with van der Waals surface area (Å²) in [6.07, 6.45) is -0.657. The Morgan fingerprint density at radius 1 is 1.19 bits per heavy atom. The molecular formula is C6H4N4O6. The van der Waals surface area contributed by atoms with Crippen molar-refractivity contribution in [1.29, 1.82) is 0 Å². The van der Waals surface area contributed by atoms with E-state index in [0.29, 0.717) is 0 Å². The van der Waals surface area contributed by atoms with Crippen LogP contribution < -0.4 is 0 Å². The van der Waals surface area contributed by atoms with Gasteiger partial charge in [-0.2, -0.15) is 4.79 Å². The Balaban J connectivity index is 3.64. The topological polar surface area (TPSA) is 163 Å². The quantitative estimate of drug-likeness (QED) is 0.295. The van der Waals surface area contributed by atoms with Gasteiger partial charge in [0.25, 0.3) is 0 Å². The monoisotopic (exact) mass is 228 g/mol. The second-order valence-corrected chi connectivity index (χ2v) is 2.73. The van der Waals surface area contributed by atoms with E-state index in [0.717, 1.165) is 0 Å². The van der Waals surface area contributed by atoms with Crippen molar-refractivity contribution in [3.05, 3.63) is 48.7 Å². The van der Waals surface area contributed by atoms with Gasteiger partial charge in [0.15, 0.2) is 5.76 Å². The number of hydrogen-bond donors (Lipinski definition) is 2. The molecule has 0 heterocycles. The van der Waals surface area contributed by atoms with Crippen LogP contribution in [0.25, 0.3) is 5.53 Å². The molecule has 1 rings (SSSR count). The molecule has 0 aromatic rings. The Kier molecular flexibility index (Phi) is 2.68. The van der Waals surface area contributed by atoms with Gasteiger partial charge in [-0.3, -0.25) is 20.2 Å². The minimum absolute atomic E-state index is 0.657. The van der Waals surface area contributed by atoms with Crippen molar-refractivity contribution in [1.82, 2.24) is 0 Å². The Labute approximate surface area is 86.7 Å². The van der Waals surface area contributed by atoms with E-state index in [1.54, 1.807) is 0 Å². The first-order chi connectivity index (χ1) is 7.40. The van der Waals surface area contributed by atoms with E-state index in [9.17, 15) is 20.2 Å². The number of aliphatic hydroxyl groups is 2. The number of allylic oxidation sites excluding steroid dienone is 2. The molecule has 2 N–H and O–H groups in total. The second-order valence-electron chi connectivity index (χ2n) is 2.73. The number of rotatable bonds is 2. The molecule has 1 aliphatic carbocycles. The summed E-state index contributed by atoms with van der Waals surface area (Å²) >= 11 is 0. The number of nitrogens with zero attached hydrogens (tertiary/aromatic N) is 4. The lowest BCUT2D eigenvalue weighted by Crippen LogP contribution is -2.25. The van der Waals surface area contributed by atoms with E-state index in [1.165, 1.54) is 0 Å². The molecule has 0 saturated carbocycles. The second kappa shape index (κ2) is 3.79. The highest BCUT2D eigenvalue weighted by molar-refractivity contribution is 5.97. The Morgan fingerprint density at radius 3 is 2.06 bits per heavy atom. The summed E-state index contributed by atoms with van der Waals surface area (Å²) in [6.45, 7) is 0. The lowest BCUT2D eigenvalue weighted by atomic mass is 10.0. The van der Waals surface area contributed by atoms with Gasteiger partial charge in [0.05, 0.1) is 9.85 Å². The maximum Gasteiger partial charge on any atom is 0.433 e. The van der Waals surface area contributed by atoms with Crippen LogP contribution in [0.3, 0.4) is 0 Å². The van der Waals surface area contributed by atoms with Crippen molar-refractivity contribution in [3.63, 3.8) is 0 Å². The lowest BCUT2D eigenvalue weighted by Gasteiger charge is -2.05. The summed E-state index contributed by atoms with van der Waals surface area (Å²) in [5.41, 5.74) is 5.27. The zero-order valence-electron chi connectivity index (χ0n) is 7.52. The summed E-state index contributed by atoms with van der Waals surface area (Å²) in [5, 5.41) is 39.2. The van der Waals surface area contributed by atoms with Crippen LogP contribution in [0.5, 0.6) is 0 Å². The van der Waals surface area contributed by atoms with Crippen molar-refractivity contribution < 1.29 is 24.8 Å². The fourth-order valence-corrected chi connectivity index (χ4v) is 1.16. The molecule has 0 unspecified atom stereocenters. The highest BCUT2D eigenvalue weighted by Gasteiger charge is 2.48. The van der Waals surface area contributed by atoms with Gasteiger partial charge >= 0.3 is 17.1 Å². The zero-order valence-corrected chi connectivity index (χ0v) is 7.52. The molecule has 0 saturated heterocycles. The van der Waals surface area contributed by atoms with Crippen LogP contribution >= 0.6 is 0 Å². The average Bonchev–Trinajstić information content (AvgIpc) is 2.19. The Hall–Kier alpha value is -2.74. The highest BCUT2D eigenvalue weighted by Crippen LogP contribution is 2.25. The third-order valence-electron chi connectivity index (χ3n) is 1.82. The molecule has 0 aliphatic heterocycles. The van der Waals surface area contributed by atoms with Gasteiger partial charge in [0.1, 0.15) is 6.42 Å². The van der Waals surface area contributed by atoms with Gasteiger partial charge in [-0.1, -0.05) is 0 Å². The van der Waals surface area contributed by atoms with Gasteiger partial charge in [0, 0.05) is 0 Å². The number of nitro groups is 2. The van der Waals surface area contributed by atoms with Crippen LogP contribution in [0.4, 0.5) is 0 Å². The first-order valence-corrected chi connectivity index (χ1v) is 3.76. The molecule has 0 bridgehead atoms. The third kappa shape index (κ3) is 1.60. The van der Waals surface area contributed by atoms with Crippen LogP contribution in [0.2, 0.25) is 0 Å². The number of hydrogen-bond acceptors (Lipinski definition) is 6. The van der Waals surface area contributed by atoms with Crippen molar-refractivity contribution in [3.8, 4) is 0 Å². The highest BCUT2D eigenvalue weighted by atomic mass is 16.6. The van der Waals surface area contributed by atoms with Crippen LogP contribution in [0, 0.1) is 20.2 Å². The minimum atomic E-state index is -1.30. The van der Waals surface area contributed by atoms with Crippen molar-refractivity contribution in [2.45, 2.75) is 6.42 Å². The molecule has 10 nitrogen and oxygen atoms in total. The fraction of sp³-hybridized carbons (Fsp3) is 0.167. The third-order valence-corrected chi connectivity index (χ3v) is 1.82. The molecule has 16 heavy (non-hydrogen) atoms. The lowest BCUT2D eigenvalue weighted by molar-refractivity contribution is -0.466. The number of aliphatic hydroxyl groups excluding tert-OH is 2. The van der Waals surface area contributed by atoms with E-state index in [2.05, 4.69) is 4.79 Å². The molecule has 1 aliphatic rings. The van der Waals surface area contributed by atoms with Crippen molar-refractivity contribution >= 4 is 5.71 Å². The normalized spacial score (nSPS) is 16.1. The molecule has 0 aromatic heterocycles. The molecule has 0 radical (unpaired) electrons. The predicted octanol–water partition coefficient (Wildman–Crippen LogP) is 0.153. The van der Waals surface area contributed by atoms with Gasteiger partial charge < -0.3 is 15.7 Å². The maximum absolute atomic E-state index is 10.5. The molecule has 84 valence electrons. The molecule has 0 amide bonds. The summed E-state index contributed by atoms with van der Waals surface area (Å²) in [5.74, 6) is -2.07. The zero-order chi connectivity index (χ0) is 12.5. The smallest absolute Gasteiger partial charge is 0.433 e. The molecule has 0 aromatic carbocycles. The van der Waals surface area contributed by atoms with E-state index in [1.807, 2.05) is 0 Å². The van der Waals surface area contributed by atoms with Gasteiger partial charge in [-0.05, 0) is 0 Å². The maximum atomic E-state index is 10.5. The minimum Gasteiger partial charge on any atom is -0.508 e. The van der Waals surface area contributed by atoms with Crippen molar-refractivity contribution in [2.24, 2.45) is 0 Å². The molecule has 10 heteroatoms. The molecular weight excluding hydrogens is 224 g/mol. The summed E-state index contributed by atoms with van der Waals surface area (Å²) in [6, 6.07) is 0. The van der Waals surface area contributed by atoms with Crippen LogP contribution in [-0.2, 0) is 0 Å². The van der Waals surface area contributed by atoms with Gasteiger partial charge in [-0.25, -0.2) is 0 Å². The summed E-state index contributed by atoms with van der Waals surface area (Å²) < 4.78 is 0. The summed E-state index contributed by atoms with van der Waals surface area (Å²) in [7, 11) is 0. The van der Waals surface area contributed by atoms with Gasteiger partial charge in [-0.15, -0.1) is 0 Å². The van der Waals surface area contributed by atoms with Gasteiger partial charge in [0.2, 0.25) is 5.76 Å². The fourth-order valence-electron chi connectivity index (χ4n) is 1.16. The standard InChI is InChI=1S/C6H4N4O6/c7-8-2-1-3(11)6(12)5(10(15)16)4(2)9(13)14/h11-12H,1H2. The van der Waals surface area contributed by atoms with E-state index in [-0.39, 0.29) is 0 Å². The first-order valence-electron chi connectivity index (χ1n) is 3.76. The largest absolute Gasteiger partial charge is 0.508 e. The average molecular weight is 228 g/mol. The van der Waals surface area contributed by atoms with Crippen LogP contribution in [0.1, 0.15) is 6.42 Å². The molecule has 0 fully saturated rings. The Morgan fingerprint density at radius 2 is 1.69 bits per heavy atom. The van der Waals surface area contributed by atoms with E-state index < -0.39 is 44.9 Å².